The number of methoxy groups -OCH3 is 1. The van der Waals surface area contributed by atoms with Crippen molar-refractivity contribution in [2.45, 2.75) is 44.7 Å². The Labute approximate surface area is 120 Å². The van der Waals surface area contributed by atoms with Gasteiger partial charge in [0.1, 0.15) is 11.6 Å². The van der Waals surface area contributed by atoms with Gasteiger partial charge in [-0.1, -0.05) is 18.9 Å². The van der Waals surface area contributed by atoms with Crippen molar-refractivity contribution in [3.8, 4) is 5.75 Å². The number of rotatable bonds is 7. The summed E-state index contributed by atoms with van der Waals surface area (Å²) in [5, 5.41) is 0. The molecule has 0 radical (unpaired) electrons. The van der Waals surface area contributed by atoms with Crippen LogP contribution in [0.4, 0.5) is 4.39 Å². The van der Waals surface area contributed by atoms with Crippen LogP contribution in [-0.4, -0.2) is 31.1 Å². The number of hydrogen-bond donors (Lipinski definition) is 1. The Bertz CT molecular complexity index is 419. The zero-order chi connectivity index (χ0) is 14.4. The van der Waals surface area contributed by atoms with Crippen LogP contribution in [-0.2, 0) is 6.54 Å². The minimum absolute atomic E-state index is 0.180. The Balaban J connectivity index is 2.05. The molecule has 0 aliphatic heterocycles. The Morgan fingerprint density at radius 2 is 2.10 bits per heavy atom. The Hall–Kier alpha value is -1.13. The summed E-state index contributed by atoms with van der Waals surface area (Å²) in [5.41, 5.74) is 6.36. The van der Waals surface area contributed by atoms with Crippen molar-refractivity contribution in [2.75, 3.05) is 20.2 Å². The molecule has 0 amide bonds. The van der Waals surface area contributed by atoms with E-state index in [1.807, 2.05) is 12.1 Å². The standard InChI is InChI=1S/C16H25FN2O/c1-20-15-8-7-13(16(17)11-15)12-19(10-4-9-18)14-5-2-3-6-14/h7-8,11,14H,2-6,9-10,12,18H2,1H3. The van der Waals surface area contributed by atoms with Gasteiger partial charge in [-0.3, -0.25) is 4.90 Å². The molecule has 1 fully saturated rings. The quantitative estimate of drug-likeness (QED) is 0.834. The molecule has 4 heteroatoms. The maximum atomic E-state index is 14.1. The summed E-state index contributed by atoms with van der Waals surface area (Å²) in [6.45, 7) is 2.31. The third kappa shape index (κ3) is 3.93. The predicted octanol–water partition coefficient (Wildman–Crippen LogP) is 2.93. The molecule has 0 saturated heterocycles. The van der Waals surface area contributed by atoms with Gasteiger partial charge in [-0.05, 0) is 38.4 Å². The van der Waals surface area contributed by atoms with Crippen LogP contribution >= 0.6 is 0 Å². The molecule has 1 aliphatic carbocycles. The van der Waals surface area contributed by atoms with Gasteiger partial charge >= 0.3 is 0 Å². The van der Waals surface area contributed by atoms with Crippen molar-refractivity contribution in [3.05, 3.63) is 29.6 Å². The van der Waals surface area contributed by atoms with Gasteiger partial charge in [-0.25, -0.2) is 4.39 Å². The highest BCUT2D eigenvalue weighted by molar-refractivity contribution is 5.28. The van der Waals surface area contributed by atoms with Crippen LogP contribution in [0.15, 0.2) is 18.2 Å². The molecule has 1 aromatic carbocycles. The summed E-state index contributed by atoms with van der Waals surface area (Å²) in [4.78, 5) is 2.39. The number of hydrogen-bond acceptors (Lipinski definition) is 3. The zero-order valence-electron chi connectivity index (χ0n) is 12.3. The maximum absolute atomic E-state index is 14.1. The molecule has 0 heterocycles. The fourth-order valence-corrected chi connectivity index (χ4v) is 2.96. The fraction of sp³-hybridized carbons (Fsp3) is 0.625. The van der Waals surface area contributed by atoms with E-state index >= 15 is 0 Å². The molecular formula is C16H25FN2O. The van der Waals surface area contributed by atoms with Gasteiger partial charge in [0.2, 0.25) is 0 Å². The van der Waals surface area contributed by atoms with Crippen molar-refractivity contribution >= 4 is 0 Å². The minimum Gasteiger partial charge on any atom is -0.497 e. The van der Waals surface area contributed by atoms with Crippen molar-refractivity contribution < 1.29 is 9.13 Å². The number of halogens is 1. The average molecular weight is 280 g/mol. The third-order valence-electron chi connectivity index (χ3n) is 4.12. The smallest absolute Gasteiger partial charge is 0.131 e. The van der Waals surface area contributed by atoms with Crippen molar-refractivity contribution in [3.63, 3.8) is 0 Å². The first-order chi connectivity index (χ1) is 9.74. The van der Waals surface area contributed by atoms with Crippen LogP contribution in [0.5, 0.6) is 5.75 Å². The lowest BCUT2D eigenvalue weighted by Crippen LogP contribution is -2.34. The van der Waals surface area contributed by atoms with Crippen molar-refractivity contribution in [1.29, 1.82) is 0 Å². The number of benzene rings is 1. The molecule has 0 bridgehead atoms. The summed E-state index contributed by atoms with van der Waals surface area (Å²) in [5.74, 6) is 0.390. The lowest BCUT2D eigenvalue weighted by atomic mass is 10.1. The molecule has 1 saturated carbocycles. The molecule has 1 aromatic rings. The normalized spacial score (nSPS) is 16.0. The second-order valence-corrected chi connectivity index (χ2v) is 5.51. The van der Waals surface area contributed by atoms with E-state index in [9.17, 15) is 4.39 Å². The van der Waals surface area contributed by atoms with Gasteiger partial charge in [0.15, 0.2) is 0 Å². The van der Waals surface area contributed by atoms with E-state index in [1.165, 1.54) is 31.7 Å². The van der Waals surface area contributed by atoms with E-state index in [0.29, 0.717) is 24.9 Å². The van der Waals surface area contributed by atoms with Crippen LogP contribution in [0.1, 0.15) is 37.7 Å². The molecule has 0 unspecified atom stereocenters. The second kappa shape index (κ2) is 7.60. The summed E-state index contributed by atoms with van der Waals surface area (Å²) in [7, 11) is 1.56. The molecule has 20 heavy (non-hydrogen) atoms. The highest BCUT2D eigenvalue weighted by Crippen LogP contribution is 2.26. The Kier molecular flexibility index (Phi) is 5.80. The van der Waals surface area contributed by atoms with Crippen LogP contribution in [0.3, 0.4) is 0 Å². The molecule has 0 aromatic heterocycles. The molecule has 112 valence electrons. The van der Waals surface area contributed by atoms with Crippen LogP contribution in [0, 0.1) is 5.82 Å². The van der Waals surface area contributed by atoms with Crippen LogP contribution in [0.2, 0.25) is 0 Å². The predicted molar refractivity (Wildman–Crippen MR) is 79.3 cm³/mol. The largest absolute Gasteiger partial charge is 0.497 e. The highest BCUT2D eigenvalue weighted by Gasteiger charge is 2.23. The topological polar surface area (TPSA) is 38.5 Å². The second-order valence-electron chi connectivity index (χ2n) is 5.51. The first-order valence-electron chi connectivity index (χ1n) is 7.51. The van der Waals surface area contributed by atoms with Gasteiger partial charge in [0.25, 0.3) is 0 Å². The van der Waals surface area contributed by atoms with E-state index in [2.05, 4.69) is 4.90 Å². The minimum atomic E-state index is -0.180. The summed E-state index contributed by atoms with van der Waals surface area (Å²) in [6, 6.07) is 5.71. The van der Waals surface area contributed by atoms with Crippen LogP contribution in [0.25, 0.3) is 0 Å². The molecular weight excluding hydrogens is 255 g/mol. The summed E-state index contributed by atoms with van der Waals surface area (Å²) < 4.78 is 19.1. The Morgan fingerprint density at radius 3 is 2.70 bits per heavy atom. The van der Waals surface area contributed by atoms with Gasteiger partial charge < -0.3 is 10.5 Å². The lowest BCUT2D eigenvalue weighted by Gasteiger charge is -2.29. The molecule has 0 atom stereocenters. The molecule has 2 N–H and O–H groups in total. The first-order valence-corrected chi connectivity index (χ1v) is 7.51. The molecule has 0 spiro atoms. The van der Waals surface area contributed by atoms with E-state index in [0.717, 1.165) is 18.5 Å². The molecule has 1 aliphatic rings. The monoisotopic (exact) mass is 280 g/mol. The first kappa shape index (κ1) is 15.3. The average Bonchev–Trinajstić information content (AvgIpc) is 2.99. The van der Waals surface area contributed by atoms with Gasteiger partial charge in [-0.15, -0.1) is 0 Å². The molecule has 2 rings (SSSR count). The maximum Gasteiger partial charge on any atom is 0.131 e. The number of nitrogens with zero attached hydrogens (tertiary/aromatic N) is 1. The summed E-state index contributed by atoms with van der Waals surface area (Å²) in [6.07, 6.45) is 5.99. The van der Waals surface area contributed by atoms with Gasteiger partial charge in [-0.2, -0.15) is 0 Å². The van der Waals surface area contributed by atoms with E-state index in [-0.39, 0.29) is 5.82 Å². The third-order valence-corrected chi connectivity index (χ3v) is 4.12. The molecule has 3 nitrogen and oxygen atoms in total. The van der Waals surface area contributed by atoms with Crippen molar-refractivity contribution in [1.82, 2.24) is 4.90 Å². The fourth-order valence-electron chi connectivity index (χ4n) is 2.96. The number of nitrogens with two attached hydrogens (primary N) is 1. The van der Waals surface area contributed by atoms with Gasteiger partial charge in [0, 0.05) is 24.2 Å². The Morgan fingerprint density at radius 1 is 1.35 bits per heavy atom. The highest BCUT2D eigenvalue weighted by atomic mass is 19.1. The number of ether oxygens (including phenoxy) is 1. The van der Waals surface area contributed by atoms with E-state index in [1.54, 1.807) is 7.11 Å². The lowest BCUT2D eigenvalue weighted by molar-refractivity contribution is 0.186. The zero-order valence-corrected chi connectivity index (χ0v) is 12.3. The van der Waals surface area contributed by atoms with Crippen molar-refractivity contribution in [2.24, 2.45) is 5.73 Å². The van der Waals surface area contributed by atoms with E-state index < -0.39 is 0 Å². The van der Waals surface area contributed by atoms with Gasteiger partial charge in [0.05, 0.1) is 7.11 Å². The SMILES string of the molecule is COc1ccc(CN(CCCN)C2CCCC2)c(F)c1. The summed E-state index contributed by atoms with van der Waals surface area (Å²) >= 11 is 0. The van der Waals surface area contributed by atoms with Crippen LogP contribution < -0.4 is 10.5 Å². The van der Waals surface area contributed by atoms with E-state index in [4.69, 9.17) is 10.5 Å².